The third kappa shape index (κ3) is 4.82. The highest BCUT2D eigenvalue weighted by atomic mass is 16.5. The first-order valence-electron chi connectivity index (χ1n) is 7.29. The average Bonchev–Trinajstić information content (AvgIpc) is 2.41. The van der Waals surface area contributed by atoms with E-state index in [1.807, 2.05) is 25.7 Å². The Balaban J connectivity index is 2.34. The predicted molar refractivity (Wildman–Crippen MR) is 73.7 cm³/mol. The minimum Gasteiger partial charge on any atom is -0.466 e. The van der Waals surface area contributed by atoms with Crippen molar-refractivity contribution < 1.29 is 14.3 Å². The van der Waals surface area contributed by atoms with E-state index < -0.39 is 0 Å². The average molecular weight is 270 g/mol. The Labute approximate surface area is 115 Å². The highest BCUT2D eigenvalue weighted by Crippen LogP contribution is 2.18. The number of hydrogen-bond donors (Lipinski definition) is 0. The maximum atomic E-state index is 12.0. The van der Waals surface area contributed by atoms with Gasteiger partial charge in [0, 0.05) is 13.1 Å². The summed E-state index contributed by atoms with van der Waals surface area (Å²) < 4.78 is 5.04. The first-order chi connectivity index (χ1) is 9.12. The lowest BCUT2D eigenvalue weighted by Crippen LogP contribution is -2.44. The molecule has 19 heavy (non-hydrogen) atoms. The molecule has 1 amide bonds. The zero-order valence-electron chi connectivity index (χ0n) is 12.4. The first kappa shape index (κ1) is 16.0. The second kappa shape index (κ2) is 8.15. The molecule has 0 radical (unpaired) electrons. The van der Waals surface area contributed by atoms with Gasteiger partial charge in [-0.2, -0.15) is 0 Å². The number of likely N-dealkylation sites (N-methyl/N-ethyl adjacent to an activating group) is 1. The van der Waals surface area contributed by atoms with Crippen LogP contribution in [0.4, 0.5) is 0 Å². The molecule has 1 heterocycles. The molecule has 110 valence electrons. The zero-order valence-corrected chi connectivity index (χ0v) is 12.4. The van der Waals surface area contributed by atoms with Crippen molar-refractivity contribution in [1.29, 1.82) is 0 Å². The SMILES string of the molecule is CCOC(=O)C1CCN(CC(=O)N(CC)CC)CC1. The Morgan fingerprint density at radius 3 is 2.21 bits per heavy atom. The number of piperidine rings is 1. The summed E-state index contributed by atoms with van der Waals surface area (Å²) in [5.41, 5.74) is 0. The van der Waals surface area contributed by atoms with Crippen molar-refractivity contribution in [3.63, 3.8) is 0 Å². The van der Waals surface area contributed by atoms with Gasteiger partial charge in [-0.1, -0.05) is 0 Å². The van der Waals surface area contributed by atoms with Crippen molar-refractivity contribution in [1.82, 2.24) is 9.80 Å². The maximum absolute atomic E-state index is 12.0. The summed E-state index contributed by atoms with van der Waals surface area (Å²) in [7, 11) is 0. The van der Waals surface area contributed by atoms with Gasteiger partial charge in [0.1, 0.15) is 0 Å². The number of nitrogens with zero attached hydrogens (tertiary/aromatic N) is 2. The summed E-state index contributed by atoms with van der Waals surface area (Å²) in [6.07, 6.45) is 1.59. The number of carbonyl (C=O) groups is 2. The number of carbonyl (C=O) groups excluding carboxylic acids is 2. The van der Waals surface area contributed by atoms with Crippen molar-refractivity contribution in [2.45, 2.75) is 33.6 Å². The van der Waals surface area contributed by atoms with E-state index in [1.54, 1.807) is 0 Å². The van der Waals surface area contributed by atoms with E-state index in [4.69, 9.17) is 4.74 Å². The number of amides is 1. The number of esters is 1. The van der Waals surface area contributed by atoms with E-state index >= 15 is 0 Å². The molecule has 0 aromatic carbocycles. The van der Waals surface area contributed by atoms with Crippen molar-refractivity contribution in [3.8, 4) is 0 Å². The molecule has 0 N–H and O–H groups in total. The summed E-state index contributed by atoms with van der Waals surface area (Å²) in [4.78, 5) is 27.6. The van der Waals surface area contributed by atoms with Gasteiger partial charge in [-0.3, -0.25) is 14.5 Å². The van der Waals surface area contributed by atoms with Gasteiger partial charge in [-0.05, 0) is 46.7 Å². The van der Waals surface area contributed by atoms with Gasteiger partial charge in [-0.25, -0.2) is 0 Å². The van der Waals surface area contributed by atoms with Crippen molar-refractivity contribution in [3.05, 3.63) is 0 Å². The lowest BCUT2D eigenvalue weighted by atomic mass is 9.97. The van der Waals surface area contributed by atoms with Crippen LogP contribution in [0.15, 0.2) is 0 Å². The quantitative estimate of drug-likeness (QED) is 0.679. The lowest BCUT2D eigenvalue weighted by molar-refractivity contribution is -0.149. The summed E-state index contributed by atoms with van der Waals surface area (Å²) in [5, 5.41) is 0. The molecule has 5 heteroatoms. The van der Waals surface area contributed by atoms with E-state index in [0.717, 1.165) is 39.0 Å². The molecule has 1 saturated heterocycles. The fraction of sp³-hybridized carbons (Fsp3) is 0.857. The van der Waals surface area contributed by atoms with Gasteiger partial charge in [0.15, 0.2) is 0 Å². The molecule has 0 spiro atoms. The van der Waals surface area contributed by atoms with Gasteiger partial charge in [-0.15, -0.1) is 0 Å². The molecular weight excluding hydrogens is 244 g/mol. The Hall–Kier alpha value is -1.10. The summed E-state index contributed by atoms with van der Waals surface area (Å²) >= 11 is 0. The maximum Gasteiger partial charge on any atom is 0.309 e. The van der Waals surface area contributed by atoms with E-state index in [2.05, 4.69) is 4.90 Å². The van der Waals surface area contributed by atoms with Crippen LogP contribution in [-0.4, -0.2) is 61.0 Å². The second-order valence-corrected chi connectivity index (χ2v) is 4.87. The lowest BCUT2D eigenvalue weighted by Gasteiger charge is -2.31. The molecule has 0 bridgehead atoms. The van der Waals surface area contributed by atoms with Gasteiger partial charge >= 0.3 is 5.97 Å². The molecule has 1 fully saturated rings. The Morgan fingerprint density at radius 2 is 1.74 bits per heavy atom. The number of hydrogen-bond acceptors (Lipinski definition) is 4. The van der Waals surface area contributed by atoms with Crippen LogP contribution in [0.5, 0.6) is 0 Å². The van der Waals surface area contributed by atoms with Crippen LogP contribution in [0.25, 0.3) is 0 Å². The summed E-state index contributed by atoms with van der Waals surface area (Å²) in [6.45, 7) is 9.85. The molecule has 1 rings (SSSR count). The third-order valence-corrected chi connectivity index (χ3v) is 3.68. The molecule has 1 aliphatic heterocycles. The van der Waals surface area contributed by atoms with Crippen LogP contribution in [0.3, 0.4) is 0 Å². The zero-order chi connectivity index (χ0) is 14.3. The smallest absolute Gasteiger partial charge is 0.309 e. The van der Waals surface area contributed by atoms with E-state index in [9.17, 15) is 9.59 Å². The molecule has 0 aromatic heterocycles. The number of ether oxygens (including phenoxy) is 1. The number of rotatable bonds is 6. The van der Waals surface area contributed by atoms with E-state index in [0.29, 0.717) is 13.2 Å². The topological polar surface area (TPSA) is 49.9 Å². The molecule has 0 saturated carbocycles. The highest BCUT2D eigenvalue weighted by molar-refractivity contribution is 5.78. The van der Waals surface area contributed by atoms with Crippen LogP contribution < -0.4 is 0 Å². The van der Waals surface area contributed by atoms with Crippen LogP contribution in [-0.2, 0) is 14.3 Å². The first-order valence-corrected chi connectivity index (χ1v) is 7.29. The summed E-state index contributed by atoms with van der Waals surface area (Å²) in [6, 6.07) is 0. The van der Waals surface area contributed by atoms with Crippen molar-refractivity contribution in [2.24, 2.45) is 5.92 Å². The summed E-state index contributed by atoms with van der Waals surface area (Å²) in [5.74, 6) is 0.108. The third-order valence-electron chi connectivity index (χ3n) is 3.68. The van der Waals surface area contributed by atoms with Gasteiger partial charge in [0.2, 0.25) is 5.91 Å². The fourth-order valence-corrected chi connectivity index (χ4v) is 2.45. The van der Waals surface area contributed by atoms with Crippen molar-refractivity contribution in [2.75, 3.05) is 39.3 Å². The minimum absolute atomic E-state index is 0.0137. The van der Waals surface area contributed by atoms with Gasteiger partial charge < -0.3 is 9.64 Å². The van der Waals surface area contributed by atoms with Crippen LogP contribution in [0, 0.1) is 5.92 Å². The Bertz CT molecular complexity index is 295. The molecule has 0 atom stereocenters. The fourth-order valence-electron chi connectivity index (χ4n) is 2.45. The molecule has 5 nitrogen and oxygen atoms in total. The van der Waals surface area contributed by atoms with Crippen LogP contribution >= 0.6 is 0 Å². The largest absolute Gasteiger partial charge is 0.466 e. The van der Waals surface area contributed by atoms with E-state index in [1.165, 1.54) is 0 Å². The molecule has 1 aliphatic rings. The Kier molecular flexibility index (Phi) is 6.84. The van der Waals surface area contributed by atoms with Crippen LogP contribution in [0.2, 0.25) is 0 Å². The van der Waals surface area contributed by atoms with Gasteiger partial charge in [0.25, 0.3) is 0 Å². The standard InChI is InChI=1S/C14H26N2O3/c1-4-16(5-2)13(17)11-15-9-7-12(8-10-15)14(18)19-6-3/h12H,4-11H2,1-3H3. The van der Waals surface area contributed by atoms with Crippen LogP contribution in [0.1, 0.15) is 33.6 Å². The monoisotopic (exact) mass is 270 g/mol. The highest BCUT2D eigenvalue weighted by Gasteiger charge is 2.27. The van der Waals surface area contributed by atoms with Crippen molar-refractivity contribution >= 4 is 11.9 Å². The number of likely N-dealkylation sites (tertiary alicyclic amines) is 1. The second-order valence-electron chi connectivity index (χ2n) is 4.87. The normalized spacial score (nSPS) is 17.2. The minimum atomic E-state index is -0.0859. The van der Waals surface area contributed by atoms with Gasteiger partial charge in [0.05, 0.1) is 19.1 Å². The molecule has 0 unspecified atom stereocenters. The predicted octanol–water partition coefficient (Wildman–Crippen LogP) is 1.13. The van der Waals surface area contributed by atoms with E-state index in [-0.39, 0.29) is 17.8 Å². The Morgan fingerprint density at radius 1 is 1.16 bits per heavy atom. The molecule has 0 aliphatic carbocycles. The molecular formula is C14H26N2O3. The molecule has 0 aromatic rings.